The largest absolute Gasteiger partial charge is 0.337 e. The molecule has 5 nitrogen and oxygen atoms in total. The van der Waals surface area contributed by atoms with Crippen molar-refractivity contribution in [2.24, 2.45) is 0 Å². The molecule has 1 fully saturated rings. The summed E-state index contributed by atoms with van der Waals surface area (Å²) < 4.78 is 0. The van der Waals surface area contributed by atoms with E-state index in [1.807, 2.05) is 41.3 Å². The Morgan fingerprint density at radius 2 is 1.46 bits per heavy atom. The van der Waals surface area contributed by atoms with Gasteiger partial charge in [-0.1, -0.05) is 41.4 Å². The Hall–Kier alpha value is -2.63. The van der Waals surface area contributed by atoms with Crippen LogP contribution in [0.1, 0.15) is 10.4 Å². The predicted molar refractivity (Wildman–Crippen MR) is 112 cm³/mol. The van der Waals surface area contributed by atoms with Crippen LogP contribution in [-0.2, 0) is 0 Å². The molecule has 1 amide bonds. The molecule has 0 unspecified atom stereocenters. The van der Waals surface area contributed by atoms with Gasteiger partial charge in [0.15, 0.2) is 0 Å². The van der Waals surface area contributed by atoms with Crippen LogP contribution >= 0.6 is 23.2 Å². The highest BCUT2D eigenvalue weighted by Gasteiger charge is 2.23. The highest BCUT2D eigenvalue weighted by atomic mass is 35.5. The molecule has 0 radical (unpaired) electrons. The van der Waals surface area contributed by atoms with E-state index < -0.39 is 0 Å². The Labute approximate surface area is 173 Å². The van der Waals surface area contributed by atoms with Crippen LogP contribution in [0.4, 0.5) is 5.95 Å². The number of anilines is 1. The molecule has 2 aromatic carbocycles. The smallest absolute Gasteiger partial charge is 0.253 e. The maximum Gasteiger partial charge on any atom is 0.253 e. The topological polar surface area (TPSA) is 49.3 Å². The minimum atomic E-state index is 0.0364. The molecule has 0 spiro atoms. The van der Waals surface area contributed by atoms with Gasteiger partial charge in [0.05, 0.1) is 10.0 Å². The van der Waals surface area contributed by atoms with Crippen molar-refractivity contribution in [3.8, 4) is 11.1 Å². The molecule has 7 heteroatoms. The van der Waals surface area contributed by atoms with E-state index in [9.17, 15) is 4.79 Å². The number of benzene rings is 2. The summed E-state index contributed by atoms with van der Waals surface area (Å²) in [4.78, 5) is 25.3. The Morgan fingerprint density at radius 1 is 0.821 bits per heavy atom. The second-order valence-electron chi connectivity index (χ2n) is 6.53. The normalized spacial score (nSPS) is 14.2. The summed E-state index contributed by atoms with van der Waals surface area (Å²) in [5.41, 5.74) is 2.62. The molecule has 0 atom stereocenters. The van der Waals surface area contributed by atoms with Gasteiger partial charge in [0.25, 0.3) is 5.91 Å². The van der Waals surface area contributed by atoms with Crippen molar-refractivity contribution in [3.05, 3.63) is 76.5 Å². The lowest BCUT2D eigenvalue weighted by atomic mass is 10.0. The summed E-state index contributed by atoms with van der Waals surface area (Å²) in [5, 5.41) is 1.04. The standard InChI is InChI=1S/C21H18Cl2N4O/c22-18-7-6-17(14-19(18)23)15-2-4-16(5-3-15)20(28)26-10-12-27(13-11-26)21-24-8-1-9-25-21/h1-9,14H,10-13H2. The lowest BCUT2D eigenvalue weighted by Crippen LogP contribution is -2.49. The van der Waals surface area contributed by atoms with Crippen LogP contribution in [0.25, 0.3) is 11.1 Å². The molecule has 1 saturated heterocycles. The van der Waals surface area contributed by atoms with Crippen LogP contribution in [0.2, 0.25) is 10.0 Å². The monoisotopic (exact) mass is 412 g/mol. The average molecular weight is 413 g/mol. The van der Waals surface area contributed by atoms with E-state index >= 15 is 0 Å². The molecule has 2 heterocycles. The highest BCUT2D eigenvalue weighted by Crippen LogP contribution is 2.28. The zero-order valence-electron chi connectivity index (χ0n) is 15.1. The molecule has 0 saturated carbocycles. The number of halogens is 2. The number of piperazine rings is 1. The fourth-order valence-electron chi connectivity index (χ4n) is 3.23. The number of carbonyl (C=O) groups excluding carboxylic acids is 1. The van der Waals surface area contributed by atoms with Gasteiger partial charge in [-0.3, -0.25) is 4.79 Å². The van der Waals surface area contributed by atoms with Gasteiger partial charge in [0.1, 0.15) is 0 Å². The molecule has 1 aliphatic rings. The van der Waals surface area contributed by atoms with Gasteiger partial charge in [0, 0.05) is 44.1 Å². The van der Waals surface area contributed by atoms with E-state index in [1.54, 1.807) is 24.5 Å². The fourth-order valence-corrected chi connectivity index (χ4v) is 3.53. The second kappa shape index (κ2) is 8.17. The van der Waals surface area contributed by atoms with E-state index in [-0.39, 0.29) is 5.91 Å². The quantitative estimate of drug-likeness (QED) is 0.638. The number of carbonyl (C=O) groups is 1. The summed E-state index contributed by atoms with van der Waals surface area (Å²) in [7, 11) is 0. The molecule has 1 aromatic heterocycles. The second-order valence-corrected chi connectivity index (χ2v) is 7.35. The summed E-state index contributed by atoms with van der Waals surface area (Å²) in [5.74, 6) is 0.745. The third-order valence-corrected chi connectivity index (χ3v) is 5.53. The fraction of sp³-hybridized carbons (Fsp3) is 0.190. The minimum Gasteiger partial charge on any atom is -0.337 e. The van der Waals surface area contributed by atoms with E-state index in [2.05, 4.69) is 14.9 Å². The SMILES string of the molecule is O=C(c1ccc(-c2ccc(Cl)c(Cl)c2)cc1)N1CCN(c2ncccn2)CC1. The summed E-state index contributed by atoms with van der Waals surface area (Å²) >= 11 is 12.1. The molecular weight excluding hydrogens is 395 g/mol. The molecule has 0 bridgehead atoms. The molecule has 3 aromatic rings. The van der Waals surface area contributed by atoms with Gasteiger partial charge in [-0.2, -0.15) is 0 Å². The molecule has 0 aliphatic carbocycles. The Morgan fingerprint density at radius 3 is 2.11 bits per heavy atom. The third kappa shape index (κ3) is 3.96. The van der Waals surface area contributed by atoms with Crippen molar-refractivity contribution in [3.63, 3.8) is 0 Å². The lowest BCUT2D eigenvalue weighted by Gasteiger charge is -2.34. The highest BCUT2D eigenvalue weighted by molar-refractivity contribution is 6.42. The van der Waals surface area contributed by atoms with Crippen LogP contribution in [-0.4, -0.2) is 47.0 Å². The van der Waals surface area contributed by atoms with Crippen LogP contribution in [0.5, 0.6) is 0 Å². The van der Waals surface area contributed by atoms with Gasteiger partial charge in [-0.25, -0.2) is 9.97 Å². The van der Waals surface area contributed by atoms with Crippen LogP contribution in [0.15, 0.2) is 60.9 Å². The van der Waals surface area contributed by atoms with Crippen molar-refractivity contribution >= 4 is 35.1 Å². The Balaban J connectivity index is 1.42. The van der Waals surface area contributed by atoms with E-state index in [0.29, 0.717) is 34.6 Å². The number of hydrogen-bond donors (Lipinski definition) is 0. The summed E-state index contributed by atoms with van der Waals surface area (Å²) in [6, 6.07) is 14.9. The van der Waals surface area contributed by atoms with Gasteiger partial charge >= 0.3 is 0 Å². The van der Waals surface area contributed by atoms with E-state index in [1.165, 1.54) is 0 Å². The Kier molecular flexibility index (Phi) is 5.46. The van der Waals surface area contributed by atoms with Crippen LogP contribution < -0.4 is 4.90 Å². The number of aromatic nitrogens is 2. The minimum absolute atomic E-state index is 0.0364. The lowest BCUT2D eigenvalue weighted by molar-refractivity contribution is 0.0746. The molecule has 28 heavy (non-hydrogen) atoms. The zero-order chi connectivity index (χ0) is 19.5. The molecule has 142 valence electrons. The average Bonchev–Trinajstić information content (AvgIpc) is 2.76. The van der Waals surface area contributed by atoms with Crippen molar-refractivity contribution in [1.29, 1.82) is 0 Å². The maximum atomic E-state index is 12.8. The van der Waals surface area contributed by atoms with E-state index in [4.69, 9.17) is 23.2 Å². The van der Waals surface area contributed by atoms with Gasteiger partial charge in [-0.15, -0.1) is 0 Å². The zero-order valence-corrected chi connectivity index (χ0v) is 16.6. The van der Waals surface area contributed by atoms with Crippen molar-refractivity contribution < 1.29 is 4.79 Å². The number of rotatable bonds is 3. The molecular formula is C21H18Cl2N4O. The van der Waals surface area contributed by atoms with E-state index in [0.717, 1.165) is 24.2 Å². The predicted octanol–water partition coefficient (Wildman–Crippen LogP) is 4.41. The summed E-state index contributed by atoms with van der Waals surface area (Å²) in [6.45, 7) is 2.73. The first-order valence-corrected chi connectivity index (χ1v) is 9.74. The molecule has 4 rings (SSSR count). The first kappa shape index (κ1) is 18.7. The number of nitrogens with zero attached hydrogens (tertiary/aromatic N) is 4. The van der Waals surface area contributed by atoms with Crippen LogP contribution in [0, 0.1) is 0 Å². The first-order valence-electron chi connectivity index (χ1n) is 8.98. The maximum absolute atomic E-state index is 12.8. The number of amides is 1. The first-order chi connectivity index (χ1) is 13.6. The molecule has 1 aliphatic heterocycles. The third-order valence-electron chi connectivity index (χ3n) is 4.79. The van der Waals surface area contributed by atoms with Crippen molar-refractivity contribution in [2.75, 3.05) is 31.1 Å². The Bertz CT molecular complexity index is 971. The van der Waals surface area contributed by atoms with Crippen molar-refractivity contribution in [1.82, 2.24) is 14.9 Å². The van der Waals surface area contributed by atoms with Gasteiger partial charge < -0.3 is 9.80 Å². The van der Waals surface area contributed by atoms with Gasteiger partial charge in [0.2, 0.25) is 5.95 Å². The van der Waals surface area contributed by atoms with Crippen LogP contribution in [0.3, 0.4) is 0 Å². The van der Waals surface area contributed by atoms with Crippen molar-refractivity contribution in [2.45, 2.75) is 0 Å². The van der Waals surface area contributed by atoms with Gasteiger partial charge in [-0.05, 0) is 41.5 Å². The number of hydrogen-bond acceptors (Lipinski definition) is 4. The molecule has 0 N–H and O–H groups in total. The summed E-state index contributed by atoms with van der Waals surface area (Å²) in [6.07, 6.45) is 3.46.